The Morgan fingerprint density at radius 2 is 2.22 bits per heavy atom. The standard InChI is InChI=1S/C7H16NP/c1-6-3-4-8(2)5-7(6)9/h6-7H,3-5,9H2,1-2H3. The van der Waals surface area contributed by atoms with Crippen molar-refractivity contribution < 1.29 is 0 Å². The van der Waals surface area contributed by atoms with E-state index in [1.54, 1.807) is 0 Å². The van der Waals surface area contributed by atoms with Gasteiger partial charge in [-0.3, -0.25) is 0 Å². The van der Waals surface area contributed by atoms with E-state index in [2.05, 4.69) is 28.1 Å². The maximum absolute atomic E-state index is 2.93. The Morgan fingerprint density at radius 1 is 1.56 bits per heavy atom. The van der Waals surface area contributed by atoms with Gasteiger partial charge in [-0.25, -0.2) is 0 Å². The zero-order valence-electron chi connectivity index (χ0n) is 6.30. The Kier molecular flexibility index (Phi) is 2.49. The van der Waals surface area contributed by atoms with Crippen molar-refractivity contribution in [2.24, 2.45) is 5.92 Å². The first kappa shape index (κ1) is 7.50. The first-order chi connectivity index (χ1) is 4.20. The highest BCUT2D eigenvalue weighted by Gasteiger charge is 2.19. The zero-order valence-corrected chi connectivity index (χ0v) is 7.46. The fourth-order valence-electron chi connectivity index (χ4n) is 1.27. The topological polar surface area (TPSA) is 3.24 Å². The molecule has 54 valence electrons. The Balaban J connectivity index is 2.35. The molecular weight excluding hydrogens is 129 g/mol. The summed E-state index contributed by atoms with van der Waals surface area (Å²) in [7, 11) is 5.12. The van der Waals surface area contributed by atoms with Crippen molar-refractivity contribution in [2.45, 2.75) is 19.0 Å². The predicted molar refractivity (Wildman–Crippen MR) is 44.8 cm³/mol. The molecule has 1 nitrogen and oxygen atoms in total. The first-order valence-electron chi connectivity index (χ1n) is 3.64. The van der Waals surface area contributed by atoms with Crippen LogP contribution in [0, 0.1) is 5.92 Å². The second kappa shape index (κ2) is 2.98. The van der Waals surface area contributed by atoms with Crippen LogP contribution < -0.4 is 0 Å². The molecule has 3 unspecified atom stereocenters. The van der Waals surface area contributed by atoms with Crippen LogP contribution in [-0.2, 0) is 0 Å². The monoisotopic (exact) mass is 145 g/mol. The molecule has 2 heteroatoms. The fraction of sp³-hybridized carbons (Fsp3) is 1.00. The molecule has 9 heavy (non-hydrogen) atoms. The van der Waals surface area contributed by atoms with E-state index in [0.29, 0.717) is 0 Å². The molecule has 0 aromatic heterocycles. The molecule has 1 aliphatic heterocycles. The summed E-state index contributed by atoms with van der Waals surface area (Å²) < 4.78 is 0. The van der Waals surface area contributed by atoms with Gasteiger partial charge < -0.3 is 4.90 Å². The summed E-state index contributed by atoms with van der Waals surface area (Å²) in [5.41, 5.74) is 0.823. The largest absolute Gasteiger partial charge is 0.306 e. The fourth-order valence-corrected chi connectivity index (χ4v) is 1.82. The highest BCUT2D eigenvalue weighted by molar-refractivity contribution is 7.17. The lowest BCUT2D eigenvalue weighted by Crippen LogP contribution is -2.37. The third kappa shape index (κ3) is 1.91. The van der Waals surface area contributed by atoms with E-state index in [4.69, 9.17) is 0 Å². The summed E-state index contributed by atoms with van der Waals surface area (Å²) in [4.78, 5) is 2.40. The highest BCUT2D eigenvalue weighted by atomic mass is 31.0. The van der Waals surface area contributed by atoms with Gasteiger partial charge in [-0.1, -0.05) is 6.92 Å². The van der Waals surface area contributed by atoms with Crippen LogP contribution in [0.5, 0.6) is 0 Å². The normalized spacial score (nSPS) is 39.0. The van der Waals surface area contributed by atoms with E-state index in [1.165, 1.54) is 19.5 Å². The molecule has 1 fully saturated rings. The summed E-state index contributed by atoms with van der Waals surface area (Å²) in [6.07, 6.45) is 1.37. The summed E-state index contributed by atoms with van der Waals surface area (Å²) in [5.74, 6) is 0.909. The molecule has 0 N–H and O–H groups in total. The van der Waals surface area contributed by atoms with E-state index in [1.807, 2.05) is 0 Å². The minimum absolute atomic E-state index is 0.823. The smallest absolute Gasteiger partial charge is 0.00438 e. The van der Waals surface area contributed by atoms with Gasteiger partial charge in [0.05, 0.1) is 0 Å². The lowest BCUT2D eigenvalue weighted by Gasteiger charge is -2.32. The molecule has 0 aromatic carbocycles. The first-order valence-corrected chi connectivity index (χ1v) is 4.31. The van der Waals surface area contributed by atoms with Gasteiger partial charge in [-0.15, -0.1) is 9.24 Å². The number of likely N-dealkylation sites (tertiary alicyclic amines) is 1. The summed E-state index contributed by atoms with van der Waals surface area (Å²) in [5, 5.41) is 0. The average molecular weight is 145 g/mol. The van der Waals surface area contributed by atoms with Crippen LogP contribution in [0.15, 0.2) is 0 Å². The summed E-state index contributed by atoms with van der Waals surface area (Å²) >= 11 is 0. The molecule has 0 saturated carbocycles. The lowest BCUT2D eigenvalue weighted by molar-refractivity contribution is 0.237. The Hall–Kier alpha value is 0.390. The van der Waals surface area contributed by atoms with Crippen molar-refractivity contribution in [3.63, 3.8) is 0 Å². The number of nitrogens with zero attached hydrogens (tertiary/aromatic N) is 1. The molecule has 0 radical (unpaired) electrons. The van der Waals surface area contributed by atoms with Gasteiger partial charge in [0.15, 0.2) is 0 Å². The molecule has 0 amide bonds. The van der Waals surface area contributed by atoms with E-state index >= 15 is 0 Å². The van der Waals surface area contributed by atoms with Crippen molar-refractivity contribution in [1.82, 2.24) is 4.90 Å². The second-order valence-electron chi connectivity index (χ2n) is 3.19. The van der Waals surface area contributed by atoms with Crippen LogP contribution >= 0.6 is 9.24 Å². The Labute approximate surface area is 60.0 Å². The SMILES string of the molecule is CC1CCN(C)CC1P. The highest BCUT2D eigenvalue weighted by Crippen LogP contribution is 2.21. The lowest BCUT2D eigenvalue weighted by atomic mass is 9.99. The average Bonchev–Trinajstić information content (AvgIpc) is 1.80. The van der Waals surface area contributed by atoms with E-state index in [0.717, 1.165) is 11.6 Å². The Morgan fingerprint density at radius 3 is 2.67 bits per heavy atom. The molecule has 0 aromatic rings. The second-order valence-corrected chi connectivity index (χ2v) is 4.05. The molecule has 0 aliphatic carbocycles. The number of piperidine rings is 1. The van der Waals surface area contributed by atoms with Gasteiger partial charge in [0, 0.05) is 6.54 Å². The summed E-state index contributed by atoms with van der Waals surface area (Å²) in [6.45, 7) is 4.88. The van der Waals surface area contributed by atoms with Gasteiger partial charge >= 0.3 is 0 Å². The van der Waals surface area contributed by atoms with Crippen LogP contribution in [0.1, 0.15) is 13.3 Å². The zero-order chi connectivity index (χ0) is 6.85. The van der Waals surface area contributed by atoms with Crippen molar-refractivity contribution in [1.29, 1.82) is 0 Å². The molecule has 1 saturated heterocycles. The number of rotatable bonds is 0. The molecule has 1 heterocycles. The molecular formula is C7H16NP. The van der Waals surface area contributed by atoms with Crippen molar-refractivity contribution in [2.75, 3.05) is 20.1 Å². The predicted octanol–water partition coefficient (Wildman–Crippen LogP) is 1.20. The van der Waals surface area contributed by atoms with Crippen molar-refractivity contribution in [3.05, 3.63) is 0 Å². The number of hydrogen-bond donors (Lipinski definition) is 0. The van der Waals surface area contributed by atoms with Crippen LogP contribution in [0.2, 0.25) is 0 Å². The van der Waals surface area contributed by atoms with Crippen LogP contribution in [0.4, 0.5) is 0 Å². The molecule has 3 atom stereocenters. The van der Waals surface area contributed by atoms with Crippen LogP contribution in [0.25, 0.3) is 0 Å². The van der Waals surface area contributed by atoms with Gasteiger partial charge in [-0.2, -0.15) is 0 Å². The van der Waals surface area contributed by atoms with Crippen LogP contribution in [0.3, 0.4) is 0 Å². The Bertz CT molecular complexity index is 94.9. The van der Waals surface area contributed by atoms with E-state index in [-0.39, 0.29) is 0 Å². The van der Waals surface area contributed by atoms with Gasteiger partial charge in [0.1, 0.15) is 0 Å². The maximum Gasteiger partial charge on any atom is 0.00438 e. The minimum Gasteiger partial charge on any atom is -0.306 e. The van der Waals surface area contributed by atoms with Gasteiger partial charge in [-0.05, 0) is 31.6 Å². The third-order valence-electron chi connectivity index (χ3n) is 2.22. The molecule has 0 spiro atoms. The quantitative estimate of drug-likeness (QED) is 0.463. The number of hydrogen-bond acceptors (Lipinski definition) is 1. The van der Waals surface area contributed by atoms with Crippen molar-refractivity contribution >= 4 is 9.24 Å². The minimum atomic E-state index is 0.823. The molecule has 0 bridgehead atoms. The maximum atomic E-state index is 2.93. The van der Waals surface area contributed by atoms with E-state index < -0.39 is 0 Å². The third-order valence-corrected chi connectivity index (χ3v) is 3.09. The van der Waals surface area contributed by atoms with Crippen LogP contribution in [-0.4, -0.2) is 30.7 Å². The van der Waals surface area contributed by atoms with E-state index in [9.17, 15) is 0 Å². The molecule has 1 aliphatic rings. The molecule has 1 rings (SSSR count). The summed E-state index contributed by atoms with van der Waals surface area (Å²) in [6, 6.07) is 0. The van der Waals surface area contributed by atoms with Crippen molar-refractivity contribution in [3.8, 4) is 0 Å². The van der Waals surface area contributed by atoms with Gasteiger partial charge in [0.2, 0.25) is 0 Å². The van der Waals surface area contributed by atoms with Gasteiger partial charge in [0.25, 0.3) is 0 Å².